The summed E-state index contributed by atoms with van der Waals surface area (Å²) in [5.74, 6) is 0. The van der Waals surface area contributed by atoms with E-state index in [-0.39, 0.29) is 0 Å². The van der Waals surface area contributed by atoms with Gasteiger partial charge in [0.2, 0.25) is 10.0 Å². The minimum absolute atomic E-state index is 0.298. The van der Waals surface area contributed by atoms with Gasteiger partial charge in [-0.25, -0.2) is 8.42 Å². The molecule has 5 rings (SSSR count). The predicted molar refractivity (Wildman–Crippen MR) is 127 cm³/mol. The van der Waals surface area contributed by atoms with Crippen LogP contribution in [0.25, 0.3) is 5.69 Å². The van der Waals surface area contributed by atoms with Crippen molar-refractivity contribution in [1.82, 2.24) is 8.87 Å². The van der Waals surface area contributed by atoms with Gasteiger partial charge in [-0.1, -0.05) is 65.7 Å². The van der Waals surface area contributed by atoms with Crippen molar-refractivity contribution in [2.24, 2.45) is 0 Å². The maximum Gasteiger partial charge on any atom is 0.244 e. The Balaban J connectivity index is 1.78. The van der Waals surface area contributed by atoms with Crippen molar-refractivity contribution < 1.29 is 8.42 Å². The van der Waals surface area contributed by atoms with Crippen molar-refractivity contribution in [2.75, 3.05) is 0 Å². The van der Waals surface area contributed by atoms with Crippen LogP contribution in [-0.2, 0) is 16.6 Å². The van der Waals surface area contributed by atoms with Crippen LogP contribution in [0.15, 0.2) is 90.0 Å². The smallest absolute Gasteiger partial charge is 0.244 e. The van der Waals surface area contributed by atoms with E-state index in [0.29, 0.717) is 11.4 Å². The van der Waals surface area contributed by atoms with E-state index >= 15 is 0 Å². The van der Waals surface area contributed by atoms with Crippen LogP contribution in [0.1, 0.15) is 39.6 Å². The summed E-state index contributed by atoms with van der Waals surface area (Å²) in [7, 11) is -3.78. The number of sulfonamides is 1. The van der Waals surface area contributed by atoms with E-state index in [9.17, 15) is 8.42 Å². The third-order valence-electron chi connectivity index (χ3n) is 6.24. The SMILES string of the molecule is Cc1ccc([C@H]2c3cccn3-c3ccccc3CN2S(=O)(=O)c2ccc(C)cc2C)cc1. The van der Waals surface area contributed by atoms with Gasteiger partial charge >= 0.3 is 0 Å². The molecule has 162 valence electrons. The Kier molecular flexibility index (Phi) is 5.03. The Bertz CT molecular complexity index is 1400. The molecule has 0 spiro atoms. The van der Waals surface area contributed by atoms with E-state index in [1.54, 1.807) is 10.4 Å². The topological polar surface area (TPSA) is 42.3 Å². The van der Waals surface area contributed by atoms with Crippen LogP contribution in [0.4, 0.5) is 0 Å². The fourth-order valence-corrected chi connectivity index (χ4v) is 6.42. The number of rotatable bonds is 3. The fraction of sp³-hybridized carbons (Fsp3) is 0.185. The molecule has 0 amide bonds. The van der Waals surface area contributed by atoms with Gasteiger partial charge in [0.25, 0.3) is 0 Å². The van der Waals surface area contributed by atoms with Crippen LogP contribution in [0.2, 0.25) is 0 Å². The highest BCUT2D eigenvalue weighted by molar-refractivity contribution is 7.89. The molecule has 1 aliphatic rings. The van der Waals surface area contributed by atoms with E-state index in [1.165, 1.54) is 0 Å². The fourth-order valence-electron chi connectivity index (χ4n) is 4.65. The molecule has 1 aromatic heterocycles. The number of benzene rings is 3. The zero-order valence-electron chi connectivity index (χ0n) is 18.5. The molecule has 2 heterocycles. The molecule has 4 nitrogen and oxygen atoms in total. The number of hydrogen-bond donors (Lipinski definition) is 0. The minimum atomic E-state index is -3.78. The van der Waals surface area contributed by atoms with Crippen LogP contribution in [-0.4, -0.2) is 17.3 Å². The highest BCUT2D eigenvalue weighted by Gasteiger charge is 2.38. The lowest BCUT2D eigenvalue weighted by atomic mass is 10.0. The summed E-state index contributed by atoms with van der Waals surface area (Å²) < 4.78 is 32.1. The van der Waals surface area contributed by atoms with Gasteiger partial charge in [-0.3, -0.25) is 0 Å². The van der Waals surface area contributed by atoms with Crippen LogP contribution in [0.3, 0.4) is 0 Å². The molecule has 0 unspecified atom stereocenters. The summed E-state index contributed by atoms with van der Waals surface area (Å²) in [5, 5.41) is 0. The van der Waals surface area contributed by atoms with Crippen molar-refractivity contribution in [1.29, 1.82) is 0 Å². The van der Waals surface area contributed by atoms with Gasteiger partial charge in [-0.05, 0) is 61.7 Å². The first-order chi connectivity index (χ1) is 15.4. The Hall–Kier alpha value is -3.15. The summed E-state index contributed by atoms with van der Waals surface area (Å²) in [6.45, 7) is 6.19. The molecular formula is C27H26N2O2S. The first kappa shape index (κ1) is 20.7. The van der Waals surface area contributed by atoms with Gasteiger partial charge in [-0.2, -0.15) is 4.31 Å². The lowest BCUT2D eigenvalue weighted by Crippen LogP contribution is -2.35. The van der Waals surface area contributed by atoms with Crippen molar-refractivity contribution in [3.05, 3.63) is 119 Å². The van der Waals surface area contributed by atoms with E-state index in [1.807, 2.05) is 93.7 Å². The number of fused-ring (bicyclic) bond motifs is 3. The van der Waals surface area contributed by atoms with Crippen molar-refractivity contribution in [3.8, 4) is 5.69 Å². The number of hydrogen-bond acceptors (Lipinski definition) is 2. The largest absolute Gasteiger partial charge is 0.319 e. The highest BCUT2D eigenvalue weighted by Crippen LogP contribution is 2.40. The number of aryl methyl sites for hydroxylation is 3. The molecule has 0 saturated carbocycles. The highest BCUT2D eigenvalue weighted by atomic mass is 32.2. The Morgan fingerprint density at radius 1 is 0.812 bits per heavy atom. The van der Waals surface area contributed by atoms with Crippen molar-refractivity contribution >= 4 is 10.0 Å². The van der Waals surface area contributed by atoms with Gasteiger partial charge in [0, 0.05) is 24.1 Å². The van der Waals surface area contributed by atoms with Gasteiger partial charge in [0.15, 0.2) is 0 Å². The zero-order chi connectivity index (χ0) is 22.5. The van der Waals surface area contributed by atoms with Crippen molar-refractivity contribution in [3.63, 3.8) is 0 Å². The number of aromatic nitrogens is 1. The molecule has 0 N–H and O–H groups in total. The van der Waals surface area contributed by atoms with E-state index in [4.69, 9.17) is 0 Å². The monoisotopic (exact) mass is 442 g/mol. The normalized spacial score (nSPS) is 16.3. The first-order valence-electron chi connectivity index (χ1n) is 10.8. The molecule has 0 radical (unpaired) electrons. The Labute approximate surface area is 189 Å². The molecule has 0 saturated heterocycles. The second-order valence-electron chi connectivity index (χ2n) is 8.56. The van der Waals surface area contributed by atoms with E-state index in [0.717, 1.165) is 39.2 Å². The maximum atomic E-state index is 14.2. The first-order valence-corrected chi connectivity index (χ1v) is 12.2. The van der Waals surface area contributed by atoms with Gasteiger partial charge in [0.1, 0.15) is 0 Å². The average molecular weight is 443 g/mol. The van der Waals surface area contributed by atoms with E-state index < -0.39 is 16.1 Å². The average Bonchev–Trinajstić information content (AvgIpc) is 3.18. The quantitative estimate of drug-likeness (QED) is 0.409. The molecule has 5 heteroatoms. The summed E-state index contributed by atoms with van der Waals surface area (Å²) in [4.78, 5) is 0.359. The summed E-state index contributed by atoms with van der Waals surface area (Å²) in [6, 6.07) is 25.3. The third-order valence-corrected chi connectivity index (χ3v) is 8.21. The molecule has 4 aromatic rings. The number of para-hydroxylation sites is 1. The van der Waals surface area contributed by atoms with Crippen LogP contribution >= 0.6 is 0 Å². The van der Waals surface area contributed by atoms with E-state index in [2.05, 4.69) is 10.6 Å². The summed E-state index contributed by atoms with van der Waals surface area (Å²) in [6.07, 6.45) is 2.02. The second kappa shape index (κ2) is 7.76. The summed E-state index contributed by atoms with van der Waals surface area (Å²) in [5.41, 5.74) is 6.84. The maximum absolute atomic E-state index is 14.2. The molecular weight excluding hydrogens is 416 g/mol. The molecule has 1 atom stereocenters. The van der Waals surface area contributed by atoms with Gasteiger partial charge in [0.05, 0.1) is 10.9 Å². The molecule has 32 heavy (non-hydrogen) atoms. The van der Waals surface area contributed by atoms with Crippen molar-refractivity contribution in [2.45, 2.75) is 38.3 Å². The molecule has 1 aliphatic heterocycles. The standard InChI is InChI=1S/C27H26N2O2S/c1-19-10-13-22(14-11-19)27-25-9-6-16-28(25)24-8-5-4-7-23(24)18-29(27)32(30,31)26-15-12-20(2)17-21(26)3/h4-17,27H,18H2,1-3H3/t27-/m0/s1. The number of nitrogens with zero attached hydrogens (tertiary/aromatic N) is 2. The molecule has 0 fully saturated rings. The lowest BCUT2D eigenvalue weighted by Gasteiger charge is -2.30. The lowest BCUT2D eigenvalue weighted by molar-refractivity contribution is 0.353. The molecule has 3 aromatic carbocycles. The minimum Gasteiger partial charge on any atom is -0.319 e. The Morgan fingerprint density at radius 2 is 1.53 bits per heavy atom. The van der Waals surface area contributed by atoms with Crippen LogP contribution < -0.4 is 0 Å². The van der Waals surface area contributed by atoms with Crippen LogP contribution in [0.5, 0.6) is 0 Å². The Morgan fingerprint density at radius 3 is 2.28 bits per heavy atom. The molecule has 0 aliphatic carbocycles. The second-order valence-corrected chi connectivity index (χ2v) is 10.4. The summed E-state index contributed by atoms with van der Waals surface area (Å²) >= 11 is 0. The molecule has 0 bridgehead atoms. The predicted octanol–water partition coefficient (Wildman–Crippen LogP) is 5.70. The van der Waals surface area contributed by atoms with Crippen LogP contribution in [0, 0.1) is 20.8 Å². The van der Waals surface area contributed by atoms with Gasteiger partial charge < -0.3 is 4.57 Å². The zero-order valence-corrected chi connectivity index (χ0v) is 19.3. The third kappa shape index (κ3) is 3.38. The van der Waals surface area contributed by atoms with Gasteiger partial charge in [-0.15, -0.1) is 0 Å².